The van der Waals surface area contributed by atoms with Gasteiger partial charge in [0.15, 0.2) is 11.7 Å². The predicted octanol–water partition coefficient (Wildman–Crippen LogP) is 2.95. The zero-order chi connectivity index (χ0) is 19.2. The van der Waals surface area contributed by atoms with E-state index in [1.165, 1.54) is 0 Å². The van der Waals surface area contributed by atoms with Crippen molar-refractivity contribution in [3.05, 3.63) is 16.1 Å². The molecule has 1 fully saturated rings. The van der Waals surface area contributed by atoms with Crippen LogP contribution in [0.3, 0.4) is 0 Å². The van der Waals surface area contributed by atoms with Gasteiger partial charge in [-0.15, -0.1) is 11.3 Å². The molecule has 26 heavy (non-hydrogen) atoms. The highest BCUT2D eigenvalue weighted by atomic mass is 32.1. The molecular formula is C16H23F3N4O2S. The average Bonchev–Trinajstić information content (AvgIpc) is 3.08. The van der Waals surface area contributed by atoms with Gasteiger partial charge >= 0.3 is 12.1 Å². The lowest BCUT2D eigenvalue weighted by Crippen LogP contribution is -2.45. The Morgan fingerprint density at radius 3 is 2.62 bits per heavy atom. The number of hydrogen-bond acceptors (Lipinski definition) is 5. The van der Waals surface area contributed by atoms with Crippen LogP contribution in [-0.4, -0.2) is 36.6 Å². The number of ether oxygens (including phenoxy) is 1. The van der Waals surface area contributed by atoms with Gasteiger partial charge in [-0.05, 0) is 32.6 Å². The van der Waals surface area contributed by atoms with Gasteiger partial charge in [0.1, 0.15) is 5.01 Å². The van der Waals surface area contributed by atoms with Gasteiger partial charge in [0.2, 0.25) is 0 Å². The fourth-order valence-electron chi connectivity index (χ4n) is 2.80. The quantitative estimate of drug-likeness (QED) is 0.458. The predicted molar refractivity (Wildman–Crippen MR) is 92.8 cm³/mol. The molecule has 6 nitrogen and oxygen atoms in total. The second-order valence-corrected chi connectivity index (χ2v) is 6.94. The second-order valence-electron chi connectivity index (χ2n) is 5.99. The normalized spacial score (nSPS) is 21.3. The molecule has 0 unspecified atom stereocenters. The Morgan fingerprint density at radius 1 is 1.38 bits per heavy atom. The Morgan fingerprint density at radius 2 is 2.08 bits per heavy atom. The largest absolute Gasteiger partial charge is 0.466 e. The fourth-order valence-corrected chi connectivity index (χ4v) is 3.54. The molecule has 0 atom stereocenters. The number of guanidine groups is 1. The molecule has 0 radical (unpaired) electrons. The minimum absolute atomic E-state index is 0.0564. The summed E-state index contributed by atoms with van der Waals surface area (Å²) in [6.45, 7) is 2.35. The van der Waals surface area contributed by atoms with Crippen molar-refractivity contribution in [2.75, 3.05) is 13.7 Å². The number of esters is 1. The molecule has 2 N–H and O–H groups in total. The highest BCUT2D eigenvalue weighted by Crippen LogP contribution is 2.30. The van der Waals surface area contributed by atoms with E-state index in [9.17, 15) is 18.0 Å². The number of carbonyl (C=O) groups excluding carboxylic acids is 1. The summed E-state index contributed by atoms with van der Waals surface area (Å²) >= 11 is 0.955. The van der Waals surface area contributed by atoms with Crippen molar-refractivity contribution in [1.29, 1.82) is 0 Å². The summed E-state index contributed by atoms with van der Waals surface area (Å²) < 4.78 is 42.8. The highest BCUT2D eigenvalue weighted by molar-refractivity contribution is 7.09. The first kappa shape index (κ1) is 20.5. The summed E-state index contributed by atoms with van der Waals surface area (Å²) in [6, 6.07) is 0.161. The fraction of sp³-hybridized carbons (Fsp3) is 0.688. The number of nitrogens with zero attached hydrogens (tertiary/aromatic N) is 2. The zero-order valence-electron chi connectivity index (χ0n) is 14.7. The summed E-state index contributed by atoms with van der Waals surface area (Å²) in [6.07, 6.45) is -1.32. The summed E-state index contributed by atoms with van der Waals surface area (Å²) in [5.41, 5.74) is -0.875. The molecule has 1 aromatic heterocycles. The van der Waals surface area contributed by atoms with E-state index in [2.05, 4.69) is 20.6 Å². The number of rotatable bonds is 5. The number of carbonyl (C=O) groups is 1. The van der Waals surface area contributed by atoms with E-state index >= 15 is 0 Å². The van der Waals surface area contributed by atoms with Crippen LogP contribution >= 0.6 is 11.3 Å². The Balaban J connectivity index is 1.78. The van der Waals surface area contributed by atoms with Gasteiger partial charge in [-0.1, -0.05) is 0 Å². The Kier molecular flexibility index (Phi) is 7.24. The van der Waals surface area contributed by atoms with Gasteiger partial charge < -0.3 is 15.4 Å². The summed E-state index contributed by atoms with van der Waals surface area (Å²) in [7, 11) is 1.60. The summed E-state index contributed by atoms with van der Waals surface area (Å²) in [5, 5.41) is 7.57. The van der Waals surface area contributed by atoms with Gasteiger partial charge in [-0.2, -0.15) is 13.2 Å². The minimum atomic E-state index is -4.42. The van der Waals surface area contributed by atoms with Crippen LogP contribution in [0.15, 0.2) is 10.4 Å². The van der Waals surface area contributed by atoms with Crippen molar-refractivity contribution in [3.8, 4) is 0 Å². The van der Waals surface area contributed by atoms with Crippen molar-refractivity contribution >= 4 is 23.3 Å². The summed E-state index contributed by atoms with van der Waals surface area (Å²) in [4.78, 5) is 19.4. The van der Waals surface area contributed by atoms with Gasteiger partial charge in [-0.3, -0.25) is 9.79 Å². The SMILES string of the molecule is CCOC(=O)C1CCC(NC(=NC)NCc2nc(C(F)(F)F)cs2)CC1. The van der Waals surface area contributed by atoms with E-state index in [1.807, 2.05) is 0 Å². The minimum Gasteiger partial charge on any atom is -0.466 e. The molecule has 10 heteroatoms. The van der Waals surface area contributed by atoms with E-state index in [1.54, 1.807) is 14.0 Å². The number of nitrogens with one attached hydrogen (secondary N) is 2. The van der Waals surface area contributed by atoms with E-state index in [-0.39, 0.29) is 24.5 Å². The van der Waals surface area contributed by atoms with Crippen LogP contribution < -0.4 is 10.6 Å². The molecule has 2 rings (SSSR count). The first-order chi connectivity index (χ1) is 12.3. The molecule has 0 saturated heterocycles. The van der Waals surface area contributed by atoms with Crippen LogP contribution in [0.5, 0.6) is 0 Å². The molecule has 1 aromatic rings. The Hall–Kier alpha value is -1.84. The Bertz CT molecular complexity index is 625. The monoisotopic (exact) mass is 392 g/mol. The van der Waals surface area contributed by atoms with Gasteiger partial charge in [0.25, 0.3) is 0 Å². The molecule has 146 valence electrons. The third-order valence-electron chi connectivity index (χ3n) is 4.16. The van der Waals surface area contributed by atoms with Crippen LogP contribution in [0.2, 0.25) is 0 Å². The highest BCUT2D eigenvalue weighted by Gasteiger charge is 2.33. The van der Waals surface area contributed by atoms with Gasteiger partial charge in [-0.25, -0.2) is 4.98 Å². The molecule has 0 amide bonds. The van der Waals surface area contributed by atoms with E-state index < -0.39 is 11.9 Å². The van der Waals surface area contributed by atoms with Gasteiger partial charge in [0.05, 0.1) is 19.1 Å². The van der Waals surface area contributed by atoms with E-state index in [0.717, 1.165) is 42.4 Å². The number of hydrogen-bond donors (Lipinski definition) is 2. The molecule has 0 aliphatic heterocycles. The first-order valence-corrected chi connectivity index (χ1v) is 9.36. The van der Waals surface area contributed by atoms with Crippen LogP contribution in [0.4, 0.5) is 13.2 Å². The summed E-state index contributed by atoms with van der Waals surface area (Å²) in [5.74, 6) is 0.310. The number of aromatic nitrogens is 1. The van der Waals surface area contributed by atoms with Crippen molar-refractivity contribution in [2.24, 2.45) is 10.9 Å². The third kappa shape index (κ3) is 5.86. The van der Waals surface area contributed by atoms with E-state index in [0.29, 0.717) is 17.6 Å². The van der Waals surface area contributed by atoms with Crippen molar-refractivity contribution in [1.82, 2.24) is 15.6 Å². The molecule has 1 aliphatic rings. The van der Waals surface area contributed by atoms with Gasteiger partial charge in [0, 0.05) is 18.5 Å². The smallest absolute Gasteiger partial charge is 0.434 e. The molecule has 0 aromatic carbocycles. The molecule has 0 bridgehead atoms. The van der Waals surface area contributed by atoms with Crippen LogP contribution in [0.25, 0.3) is 0 Å². The van der Waals surface area contributed by atoms with Crippen LogP contribution in [0.1, 0.15) is 43.3 Å². The molecule has 1 heterocycles. The third-order valence-corrected chi connectivity index (χ3v) is 5.01. The molecule has 1 aliphatic carbocycles. The lowest BCUT2D eigenvalue weighted by atomic mass is 9.86. The first-order valence-electron chi connectivity index (χ1n) is 8.48. The number of alkyl halides is 3. The van der Waals surface area contributed by atoms with Crippen LogP contribution in [0, 0.1) is 5.92 Å². The molecule has 0 spiro atoms. The number of thiazole rings is 1. The van der Waals surface area contributed by atoms with Crippen molar-refractivity contribution < 1.29 is 22.7 Å². The molecule has 1 saturated carbocycles. The maximum absolute atomic E-state index is 12.6. The maximum atomic E-state index is 12.6. The van der Waals surface area contributed by atoms with Crippen molar-refractivity contribution in [3.63, 3.8) is 0 Å². The second kappa shape index (κ2) is 9.20. The Labute approximate surface area is 154 Å². The molecular weight excluding hydrogens is 369 g/mol. The van der Waals surface area contributed by atoms with Crippen molar-refractivity contribution in [2.45, 2.75) is 51.4 Å². The van der Waals surface area contributed by atoms with Crippen LogP contribution in [-0.2, 0) is 22.3 Å². The zero-order valence-corrected chi connectivity index (χ0v) is 15.5. The number of halogens is 3. The topological polar surface area (TPSA) is 75.6 Å². The lowest BCUT2D eigenvalue weighted by Gasteiger charge is -2.29. The maximum Gasteiger partial charge on any atom is 0.434 e. The average molecular weight is 392 g/mol. The number of aliphatic imine (C=N–C) groups is 1. The standard InChI is InChI=1S/C16H23F3N4O2S/c1-3-25-14(24)10-4-6-11(7-5-10)22-15(20-2)21-8-13-23-12(9-26-13)16(17,18)19/h9-11H,3-8H2,1-2H3,(H2,20,21,22). The van der Waals surface area contributed by atoms with E-state index in [4.69, 9.17) is 4.74 Å². The lowest BCUT2D eigenvalue weighted by molar-refractivity contribution is -0.149.